The summed E-state index contributed by atoms with van der Waals surface area (Å²) in [5.74, 6) is -1.95. The third kappa shape index (κ3) is 5.43. The number of hydrogen-bond donors (Lipinski definition) is 3. The van der Waals surface area contributed by atoms with Crippen LogP contribution in [0, 0.1) is 0 Å². The second kappa shape index (κ2) is 7.68. The number of methoxy groups -OCH3 is 1. The van der Waals surface area contributed by atoms with Crippen LogP contribution >= 0.6 is 0 Å². The largest absolute Gasteiger partial charge is 0.480 e. The predicted molar refractivity (Wildman–Crippen MR) is 70.2 cm³/mol. The zero-order valence-corrected chi connectivity index (χ0v) is 11.7. The van der Waals surface area contributed by atoms with E-state index in [0.717, 1.165) is 25.9 Å². The van der Waals surface area contributed by atoms with Crippen molar-refractivity contribution in [1.29, 1.82) is 0 Å². The van der Waals surface area contributed by atoms with Gasteiger partial charge in [0.1, 0.15) is 6.04 Å². The average Bonchev–Trinajstić information content (AvgIpc) is 2.40. The highest BCUT2D eigenvalue weighted by molar-refractivity contribution is 5.86. The van der Waals surface area contributed by atoms with Gasteiger partial charge in [-0.3, -0.25) is 4.79 Å². The van der Waals surface area contributed by atoms with Crippen molar-refractivity contribution in [3.8, 4) is 0 Å². The summed E-state index contributed by atoms with van der Waals surface area (Å²) in [6, 6.07) is -1.83. The molecule has 1 aliphatic rings. The van der Waals surface area contributed by atoms with Gasteiger partial charge in [0, 0.05) is 6.04 Å². The number of piperidine rings is 1. The highest BCUT2D eigenvalue weighted by Crippen LogP contribution is 2.08. The van der Waals surface area contributed by atoms with Crippen LogP contribution in [0.4, 0.5) is 4.79 Å². The molecule has 2 amide bonds. The third-order valence-corrected chi connectivity index (χ3v) is 3.26. The smallest absolute Gasteiger partial charge is 0.326 e. The normalized spacial score (nSPS) is 18.1. The standard InChI is InChI=1S/C12H21N3O5/c1-15-5-3-8(4-6-15)13-12(19)14-9(11(17)18)7-10(16)20-2/h8-9H,3-7H2,1-2H3,(H,17,18)(H2,13,14,19)/t9-/m0/s1. The van der Waals surface area contributed by atoms with Crippen molar-refractivity contribution in [1.82, 2.24) is 15.5 Å². The van der Waals surface area contributed by atoms with Gasteiger partial charge in [-0.2, -0.15) is 0 Å². The molecule has 114 valence electrons. The molecule has 3 N–H and O–H groups in total. The second-order valence-electron chi connectivity index (χ2n) is 4.87. The van der Waals surface area contributed by atoms with E-state index < -0.39 is 30.4 Å². The van der Waals surface area contributed by atoms with Gasteiger partial charge in [0.05, 0.1) is 13.5 Å². The van der Waals surface area contributed by atoms with E-state index in [1.807, 2.05) is 7.05 Å². The van der Waals surface area contributed by atoms with Crippen LogP contribution in [0.15, 0.2) is 0 Å². The molecule has 0 unspecified atom stereocenters. The van der Waals surface area contributed by atoms with Gasteiger partial charge in [-0.05, 0) is 33.0 Å². The number of nitrogens with zero attached hydrogens (tertiary/aromatic N) is 1. The number of esters is 1. The first-order valence-electron chi connectivity index (χ1n) is 6.47. The summed E-state index contributed by atoms with van der Waals surface area (Å²) >= 11 is 0. The van der Waals surface area contributed by atoms with Crippen molar-refractivity contribution in [3.05, 3.63) is 0 Å². The van der Waals surface area contributed by atoms with E-state index in [2.05, 4.69) is 20.3 Å². The molecule has 1 rings (SSSR count). The number of aliphatic carboxylic acids is 1. The molecular formula is C12H21N3O5. The van der Waals surface area contributed by atoms with E-state index in [-0.39, 0.29) is 6.04 Å². The lowest BCUT2D eigenvalue weighted by Crippen LogP contribution is -2.51. The van der Waals surface area contributed by atoms with Crippen LogP contribution < -0.4 is 10.6 Å². The first kappa shape index (κ1) is 16.2. The Bertz CT molecular complexity index is 366. The van der Waals surface area contributed by atoms with Gasteiger partial charge in [-0.15, -0.1) is 0 Å². The van der Waals surface area contributed by atoms with Gasteiger partial charge in [0.25, 0.3) is 0 Å². The molecule has 0 aromatic heterocycles. The number of carbonyl (C=O) groups excluding carboxylic acids is 2. The molecule has 0 spiro atoms. The van der Waals surface area contributed by atoms with Crippen LogP contribution in [0.3, 0.4) is 0 Å². The molecule has 20 heavy (non-hydrogen) atoms. The molecule has 0 aromatic rings. The van der Waals surface area contributed by atoms with Gasteiger partial charge in [-0.1, -0.05) is 0 Å². The van der Waals surface area contributed by atoms with Crippen LogP contribution in [-0.2, 0) is 14.3 Å². The van der Waals surface area contributed by atoms with Gasteiger partial charge < -0.3 is 25.4 Å². The van der Waals surface area contributed by atoms with E-state index in [0.29, 0.717) is 0 Å². The van der Waals surface area contributed by atoms with Gasteiger partial charge in [0.2, 0.25) is 0 Å². The van der Waals surface area contributed by atoms with Crippen LogP contribution in [0.2, 0.25) is 0 Å². The molecule has 0 aliphatic carbocycles. The number of carboxylic acids is 1. The van der Waals surface area contributed by atoms with Crippen LogP contribution in [-0.4, -0.2) is 67.3 Å². The highest BCUT2D eigenvalue weighted by atomic mass is 16.5. The van der Waals surface area contributed by atoms with E-state index in [9.17, 15) is 14.4 Å². The first-order valence-corrected chi connectivity index (χ1v) is 6.47. The Morgan fingerprint density at radius 2 is 1.95 bits per heavy atom. The Labute approximate surface area is 117 Å². The maximum absolute atomic E-state index is 11.7. The second-order valence-corrected chi connectivity index (χ2v) is 4.87. The molecule has 0 aromatic carbocycles. The zero-order chi connectivity index (χ0) is 15.1. The number of urea groups is 1. The molecule has 8 nitrogen and oxygen atoms in total. The lowest BCUT2D eigenvalue weighted by molar-refractivity contribution is -0.147. The predicted octanol–water partition coefficient (Wildman–Crippen LogP) is -0.604. The SMILES string of the molecule is COC(=O)C[C@H](NC(=O)NC1CCN(C)CC1)C(=O)O. The Kier molecular flexibility index (Phi) is 6.23. The van der Waals surface area contributed by atoms with Crippen molar-refractivity contribution in [3.63, 3.8) is 0 Å². The zero-order valence-electron chi connectivity index (χ0n) is 11.7. The maximum Gasteiger partial charge on any atom is 0.326 e. The topological polar surface area (TPSA) is 108 Å². The number of hydrogen-bond acceptors (Lipinski definition) is 5. The van der Waals surface area contributed by atoms with Gasteiger partial charge in [-0.25, -0.2) is 9.59 Å². The molecule has 0 radical (unpaired) electrons. The van der Waals surface area contributed by atoms with E-state index in [1.54, 1.807) is 0 Å². The summed E-state index contributed by atoms with van der Waals surface area (Å²) in [4.78, 5) is 35.9. The van der Waals surface area contributed by atoms with Crippen molar-refractivity contribution >= 4 is 18.0 Å². The van der Waals surface area contributed by atoms with E-state index >= 15 is 0 Å². The van der Waals surface area contributed by atoms with Crippen LogP contribution in [0.25, 0.3) is 0 Å². The molecule has 1 saturated heterocycles. The fraction of sp³-hybridized carbons (Fsp3) is 0.750. The molecule has 1 atom stereocenters. The summed E-state index contributed by atoms with van der Waals surface area (Å²) in [5.41, 5.74) is 0. The number of ether oxygens (including phenoxy) is 1. The number of carboxylic acid groups (broad SMARTS) is 1. The summed E-state index contributed by atoms with van der Waals surface area (Å²) in [5, 5.41) is 14.0. The average molecular weight is 287 g/mol. The number of nitrogens with one attached hydrogen (secondary N) is 2. The summed E-state index contributed by atoms with van der Waals surface area (Å²) in [6.45, 7) is 1.77. The van der Waals surface area contributed by atoms with Crippen molar-refractivity contribution < 1.29 is 24.2 Å². The fourth-order valence-electron chi connectivity index (χ4n) is 1.99. The minimum absolute atomic E-state index is 0.0266. The summed E-state index contributed by atoms with van der Waals surface area (Å²) in [7, 11) is 3.17. The Balaban J connectivity index is 2.41. The lowest BCUT2D eigenvalue weighted by atomic mass is 10.1. The van der Waals surface area contributed by atoms with Crippen molar-refractivity contribution in [2.24, 2.45) is 0 Å². The molecule has 1 heterocycles. The van der Waals surface area contributed by atoms with Gasteiger partial charge >= 0.3 is 18.0 Å². The van der Waals surface area contributed by atoms with Crippen LogP contribution in [0.1, 0.15) is 19.3 Å². The Morgan fingerprint density at radius 3 is 2.45 bits per heavy atom. The lowest BCUT2D eigenvalue weighted by Gasteiger charge is -2.29. The number of likely N-dealkylation sites (tertiary alicyclic amines) is 1. The van der Waals surface area contributed by atoms with E-state index in [4.69, 9.17) is 5.11 Å². The van der Waals surface area contributed by atoms with Crippen LogP contribution in [0.5, 0.6) is 0 Å². The Hall–Kier alpha value is -1.83. The number of rotatable bonds is 5. The molecule has 1 aliphatic heterocycles. The molecule has 1 fully saturated rings. The van der Waals surface area contributed by atoms with Gasteiger partial charge in [0.15, 0.2) is 0 Å². The first-order chi connectivity index (χ1) is 9.42. The minimum Gasteiger partial charge on any atom is -0.480 e. The quantitative estimate of drug-likeness (QED) is 0.583. The molecule has 8 heteroatoms. The van der Waals surface area contributed by atoms with E-state index in [1.165, 1.54) is 7.11 Å². The minimum atomic E-state index is -1.28. The molecule has 0 bridgehead atoms. The maximum atomic E-state index is 11.7. The summed E-state index contributed by atoms with van der Waals surface area (Å²) < 4.78 is 4.39. The number of amides is 2. The Morgan fingerprint density at radius 1 is 1.35 bits per heavy atom. The monoisotopic (exact) mass is 287 g/mol. The fourth-order valence-corrected chi connectivity index (χ4v) is 1.99. The highest BCUT2D eigenvalue weighted by Gasteiger charge is 2.25. The molecular weight excluding hydrogens is 266 g/mol. The van der Waals surface area contributed by atoms with Crippen molar-refractivity contribution in [2.45, 2.75) is 31.3 Å². The summed E-state index contributed by atoms with van der Waals surface area (Å²) in [6.07, 6.45) is 1.24. The molecule has 0 saturated carbocycles. The third-order valence-electron chi connectivity index (χ3n) is 3.26. The number of carbonyl (C=O) groups is 3. The van der Waals surface area contributed by atoms with Crippen molar-refractivity contribution in [2.75, 3.05) is 27.2 Å².